The van der Waals surface area contributed by atoms with E-state index < -0.39 is 47.0 Å². The van der Waals surface area contributed by atoms with Gasteiger partial charge in [-0.25, -0.2) is 4.79 Å². The van der Waals surface area contributed by atoms with E-state index in [2.05, 4.69) is 6.07 Å². The predicted octanol–water partition coefficient (Wildman–Crippen LogP) is 5.96. The van der Waals surface area contributed by atoms with Crippen LogP contribution in [0.25, 0.3) is 0 Å². The first-order valence-corrected chi connectivity index (χ1v) is 14.7. The molecule has 0 radical (unpaired) electrons. The maximum Gasteiger partial charge on any atom is 0.326 e. The van der Waals surface area contributed by atoms with Gasteiger partial charge in [0.05, 0.1) is 37.3 Å². The Balaban J connectivity index is 1.84. The number of nitrogens with zero attached hydrogens (tertiary/aromatic N) is 2. The molecule has 2 heterocycles. The van der Waals surface area contributed by atoms with Gasteiger partial charge in [0.25, 0.3) is 5.91 Å². The number of hydrogen-bond donors (Lipinski definition) is 1. The van der Waals surface area contributed by atoms with Crippen LogP contribution in [0.3, 0.4) is 0 Å². The molecule has 0 bridgehead atoms. The molecule has 1 amide bonds. The van der Waals surface area contributed by atoms with Crippen LogP contribution in [0.2, 0.25) is 0 Å². The van der Waals surface area contributed by atoms with Crippen molar-refractivity contribution in [3.63, 3.8) is 0 Å². The molecule has 2 aliphatic heterocycles. The Morgan fingerprint density at radius 2 is 1.83 bits per heavy atom. The number of carbonyl (C=O) groups excluding carboxylic acids is 1. The number of aryl methyl sites for hydroxylation is 1. The van der Waals surface area contributed by atoms with Crippen molar-refractivity contribution in [3.8, 4) is 11.8 Å². The van der Waals surface area contributed by atoms with Gasteiger partial charge in [-0.2, -0.15) is 5.26 Å². The highest BCUT2D eigenvalue weighted by molar-refractivity contribution is 5.88. The summed E-state index contributed by atoms with van der Waals surface area (Å²) < 4.78 is 18.3. The molecule has 226 valence electrons. The monoisotopic (exact) mass is 576 g/mol. The lowest BCUT2D eigenvalue weighted by Gasteiger charge is -2.35. The third kappa shape index (κ3) is 6.18. The van der Waals surface area contributed by atoms with Crippen molar-refractivity contribution in [3.05, 3.63) is 64.7 Å². The Kier molecular flexibility index (Phi) is 9.34. The Labute approximate surface area is 249 Å². The van der Waals surface area contributed by atoms with Crippen LogP contribution < -0.4 is 4.74 Å². The minimum Gasteiger partial charge on any atom is -0.496 e. The maximum absolute atomic E-state index is 14.2. The number of amides is 1. The van der Waals surface area contributed by atoms with Crippen molar-refractivity contribution >= 4 is 11.9 Å². The number of methoxy groups -OCH3 is 1. The van der Waals surface area contributed by atoms with E-state index in [0.29, 0.717) is 18.8 Å². The van der Waals surface area contributed by atoms with Gasteiger partial charge in [0.15, 0.2) is 0 Å². The summed E-state index contributed by atoms with van der Waals surface area (Å²) in [5, 5.41) is 20.4. The van der Waals surface area contributed by atoms with Gasteiger partial charge in [-0.1, -0.05) is 51.1 Å². The molecule has 4 rings (SSSR count). The first-order valence-electron chi connectivity index (χ1n) is 14.7. The SMILES string of the molecule is COc1ccc(C(C)(C)C#N)cc1CO[C@H]1[C@H](C(C)(C)C)[C@@H](C(=O)O)N(C(=O)[C@@H]2CCCCO2)[C@H]1c1ccccc1C. The first kappa shape index (κ1) is 31.5. The largest absolute Gasteiger partial charge is 0.496 e. The minimum absolute atomic E-state index is 0.118. The number of likely N-dealkylation sites (tertiary alicyclic amines) is 1. The molecular weight excluding hydrogens is 532 g/mol. The number of carboxylic acids is 1. The smallest absolute Gasteiger partial charge is 0.326 e. The van der Waals surface area contributed by atoms with Crippen molar-refractivity contribution in [2.24, 2.45) is 11.3 Å². The Hall–Kier alpha value is -3.41. The molecule has 2 aromatic rings. The van der Waals surface area contributed by atoms with Crippen LogP contribution in [-0.4, -0.2) is 53.8 Å². The highest BCUT2D eigenvalue weighted by Crippen LogP contribution is 2.51. The molecule has 0 unspecified atom stereocenters. The zero-order chi connectivity index (χ0) is 30.8. The average Bonchev–Trinajstić information content (AvgIpc) is 3.32. The summed E-state index contributed by atoms with van der Waals surface area (Å²) in [5.74, 6) is -1.27. The second-order valence-electron chi connectivity index (χ2n) is 13.1. The van der Waals surface area contributed by atoms with Crippen LogP contribution in [0.1, 0.15) is 82.2 Å². The van der Waals surface area contributed by atoms with Gasteiger partial charge in [0, 0.05) is 18.1 Å². The fourth-order valence-electron chi connectivity index (χ4n) is 6.47. The number of aliphatic carboxylic acids is 1. The van der Waals surface area contributed by atoms with Crippen LogP contribution in [0, 0.1) is 29.6 Å². The van der Waals surface area contributed by atoms with Crippen LogP contribution in [-0.2, 0) is 31.1 Å². The molecule has 0 aliphatic carbocycles. The van der Waals surface area contributed by atoms with Gasteiger partial charge in [-0.05, 0) is 74.3 Å². The molecule has 1 N–H and O–H groups in total. The Bertz CT molecular complexity index is 1330. The van der Waals surface area contributed by atoms with Gasteiger partial charge in [-0.3, -0.25) is 4.79 Å². The highest BCUT2D eigenvalue weighted by Gasteiger charge is 2.59. The zero-order valence-corrected chi connectivity index (χ0v) is 25.8. The second kappa shape index (κ2) is 12.4. The quantitative estimate of drug-likeness (QED) is 0.413. The van der Waals surface area contributed by atoms with Gasteiger partial charge in [0.1, 0.15) is 17.9 Å². The zero-order valence-electron chi connectivity index (χ0n) is 25.8. The van der Waals surface area contributed by atoms with Crippen molar-refractivity contribution < 1.29 is 28.9 Å². The lowest BCUT2D eigenvalue weighted by molar-refractivity contribution is -0.159. The van der Waals surface area contributed by atoms with Crippen LogP contribution in [0.15, 0.2) is 42.5 Å². The van der Waals surface area contributed by atoms with Crippen LogP contribution in [0.5, 0.6) is 5.75 Å². The number of benzene rings is 2. The lowest BCUT2D eigenvalue weighted by Crippen LogP contribution is -2.51. The molecule has 2 saturated heterocycles. The maximum atomic E-state index is 14.2. The minimum atomic E-state index is -1.11. The summed E-state index contributed by atoms with van der Waals surface area (Å²) in [7, 11) is 1.59. The number of carboxylic acid groups (broad SMARTS) is 1. The second-order valence-corrected chi connectivity index (χ2v) is 13.1. The number of ether oxygens (including phenoxy) is 3. The van der Waals surface area contributed by atoms with E-state index in [1.807, 2.05) is 84.0 Å². The van der Waals surface area contributed by atoms with E-state index >= 15 is 0 Å². The molecule has 0 aromatic heterocycles. The molecule has 2 fully saturated rings. The summed E-state index contributed by atoms with van der Waals surface area (Å²) in [4.78, 5) is 28.9. The summed E-state index contributed by atoms with van der Waals surface area (Å²) in [6.07, 6.45) is 0.975. The fraction of sp³-hybridized carbons (Fsp3) is 0.559. The summed E-state index contributed by atoms with van der Waals surface area (Å²) in [6.45, 7) is 12.3. The standard InChI is InChI=1S/C34H44N2O6/c1-21-12-8-9-13-24(21)28-30(42-19-22-18-23(34(5,6)20-35)15-16-25(22)40-7)27(33(2,3)4)29(32(38)39)36(28)31(37)26-14-10-11-17-41-26/h8-9,12-13,15-16,18,26-30H,10-11,14,17,19H2,1-7H3,(H,38,39)/t26-,27+,28-,29-,30-/m0/s1. The summed E-state index contributed by atoms with van der Waals surface area (Å²) in [5.41, 5.74) is 2.15. The Morgan fingerprint density at radius 3 is 2.40 bits per heavy atom. The molecule has 0 spiro atoms. The van der Waals surface area contributed by atoms with E-state index in [-0.39, 0.29) is 12.5 Å². The molecule has 2 aliphatic rings. The molecule has 8 nitrogen and oxygen atoms in total. The molecule has 42 heavy (non-hydrogen) atoms. The van der Waals surface area contributed by atoms with E-state index in [0.717, 1.165) is 35.1 Å². The van der Waals surface area contributed by atoms with E-state index in [9.17, 15) is 20.0 Å². The van der Waals surface area contributed by atoms with Crippen LogP contribution in [0.4, 0.5) is 0 Å². The molecule has 2 aromatic carbocycles. The van der Waals surface area contributed by atoms with E-state index in [1.54, 1.807) is 12.0 Å². The summed E-state index contributed by atoms with van der Waals surface area (Å²) >= 11 is 0. The predicted molar refractivity (Wildman–Crippen MR) is 159 cm³/mol. The lowest BCUT2D eigenvalue weighted by atomic mass is 9.73. The molecule has 8 heteroatoms. The third-order valence-electron chi connectivity index (χ3n) is 8.79. The van der Waals surface area contributed by atoms with E-state index in [4.69, 9.17) is 14.2 Å². The highest BCUT2D eigenvalue weighted by atomic mass is 16.5. The number of rotatable bonds is 8. The average molecular weight is 577 g/mol. The van der Waals surface area contributed by atoms with E-state index in [1.165, 1.54) is 0 Å². The van der Waals surface area contributed by atoms with Gasteiger partial charge >= 0.3 is 5.97 Å². The molecule has 5 atom stereocenters. The fourth-order valence-corrected chi connectivity index (χ4v) is 6.47. The summed E-state index contributed by atoms with van der Waals surface area (Å²) in [6, 6.07) is 14.0. The Morgan fingerprint density at radius 1 is 1.12 bits per heavy atom. The third-order valence-corrected chi connectivity index (χ3v) is 8.79. The van der Waals surface area contributed by atoms with Gasteiger partial charge in [-0.15, -0.1) is 0 Å². The first-order chi connectivity index (χ1) is 19.8. The van der Waals surface area contributed by atoms with Crippen molar-refractivity contribution in [2.45, 2.75) is 97.1 Å². The van der Waals surface area contributed by atoms with Gasteiger partial charge < -0.3 is 24.2 Å². The van der Waals surface area contributed by atoms with Crippen LogP contribution >= 0.6 is 0 Å². The molecule has 0 saturated carbocycles. The van der Waals surface area contributed by atoms with Crippen molar-refractivity contribution in [1.82, 2.24) is 4.90 Å². The number of nitriles is 1. The van der Waals surface area contributed by atoms with Gasteiger partial charge in [0.2, 0.25) is 0 Å². The normalized spacial score (nSPS) is 24.7. The van der Waals surface area contributed by atoms with Crippen molar-refractivity contribution in [2.75, 3.05) is 13.7 Å². The number of hydrogen-bond acceptors (Lipinski definition) is 6. The van der Waals surface area contributed by atoms with Crippen molar-refractivity contribution in [1.29, 1.82) is 5.26 Å². The number of carbonyl (C=O) groups is 2. The topological polar surface area (TPSA) is 109 Å². The molecular formula is C34H44N2O6.